The molecule has 10 aromatic rings. The molecule has 3 heterocycles. The van der Waals surface area contributed by atoms with E-state index in [1.807, 2.05) is 61.2 Å². The van der Waals surface area contributed by atoms with Crippen LogP contribution in [-0.2, 0) is 0 Å². The maximum Gasteiger partial charge on any atom is 0.0973 e. The Balaban J connectivity index is 1.04. The molecule has 0 amide bonds. The van der Waals surface area contributed by atoms with Gasteiger partial charge in [-0.05, 0) is 79.2 Å². The fourth-order valence-electron chi connectivity index (χ4n) is 7.67. The van der Waals surface area contributed by atoms with E-state index in [1.165, 1.54) is 43.8 Å². The molecule has 0 aliphatic rings. The van der Waals surface area contributed by atoms with Gasteiger partial charge in [0.05, 0.1) is 22.4 Å². The maximum absolute atomic E-state index is 5.21. The molecular weight excluding hydrogens is 657 g/mol. The molecule has 3 aromatic heterocycles. The van der Waals surface area contributed by atoms with Crippen molar-refractivity contribution in [2.24, 2.45) is 0 Å². The SMILES string of the molecule is c1cncc(-c2ccc(-c3ccc(-c4nc5ccccc5nc4-c4ccc(-c5ccc(-c6cccnc6)c6ccccc56)cc4)cc3)c3ccccc23)c1. The molecular formula is C50H32N4. The summed E-state index contributed by atoms with van der Waals surface area (Å²) < 4.78 is 0. The zero-order valence-electron chi connectivity index (χ0n) is 29.3. The lowest BCUT2D eigenvalue weighted by atomic mass is 9.91. The summed E-state index contributed by atoms with van der Waals surface area (Å²) in [6.45, 7) is 0. The van der Waals surface area contributed by atoms with E-state index < -0.39 is 0 Å². The molecule has 10 rings (SSSR count). The normalized spacial score (nSPS) is 11.3. The second-order valence-electron chi connectivity index (χ2n) is 13.5. The minimum atomic E-state index is 0.857. The van der Waals surface area contributed by atoms with E-state index in [9.17, 15) is 0 Å². The van der Waals surface area contributed by atoms with Gasteiger partial charge in [0.25, 0.3) is 0 Å². The summed E-state index contributed by atoms with van der Waals surface area (Å²) in [6.07, 6.45) is 7.48. The van der Waals surface area contributed by atoms with Crippen molar-refractivity contribution in [2.75, 3.05) is 0 Å². The maximum atomic E-state index is 5.21. The molecule has 0 aliphatic heterocycles. The lowest BCUT2D eigenvalue weighted by Gasteiger charge is -2.14. The lowest BCUT2D eigenvalue weighted by Crippen LogP contribution is -1.96. The van der Waals surface area contributed by atoms with Gasteiger partial charge in [0, 0.05) is 47.0 Å². The summed E-state index contributed by atoms with van der Waals surface area (Å²) >= 11 is 0. The van der Waals surface area contributed by atoms with Gasteiger partial charge in [0.2, 0.25) is 0 Å². The van der Waals surface area contributed by atoms with Crippen LogP contribution >= 0.6 is 0 Å². The van der Waals surface area contributed by atoms with Crippen LogP contribution in [0.1, 0.15) is 0 Å². The predicted molar refractivity (Wildman–Crippen MR) is 223 cm³/mol. The number of rotatable bonds is 6. The molecule has 0 saturated heterocycles. The molecule has 4 heteroatoms. The molecule has 0 radical (unpaired) electrons. The Bertz CT molecular complexity index is 2750. The van der Waals surface area contributed by atoms with E-state index in [1.54, 1.807) is 0 Å². The number of nitrogens with zero attached hydrogens (tertiary/aromatic N) is 4. The third-order valence-electron chi connectivity index (χ3n) is 10.3. The smallest absolute Gasteiger partial charge is 0.0973 e. The van der Waals surface area contributed by atoms with Crippen LogP contribution in [0.2, 0.25) is 0 Å². The third-order valence-corrected chi connectivity index (χ3v) is 10.3. The zero-order valence-corrected chi connectivity index (χ0v) is 29.3. The first-order chi connectivity index (χ1) is 26.8. The summed E-state index contributed by atoms with van der Waals surface area (Å²) in [5.41, 5.74) is 14.7. The van der Waals surface area contributed by atoms with E-state index in [0.29, 0.717) is 0 Å². The Labute approximate surface area is 313 Å². The molecule has 0 spiro atoms. The summed E-state index contributed by atoms with van der Waals surface area (Å²) in [4.78, 5) is 19.1. The number of aromatic nitrogens is 4. The van der Waals surface area contributed by atoms with Gasteiger partial charge in [-0.1, -0.05) is 146 Å². The number of pyridine rings is 2. The molecule has 0 bridgehead atoms. The van der Waals surface area contributed by atoms with Crippen LogP contribution in [0.5, 0.6) is 0 Å². The van der Waals surface area contributed by atoms with Crippen molar-refractivity contribution in [3.63, 3.8) is 0 Å². The van der Waals surface area contributed by atoms with Gasteiger partial charge in [0.15, 0.2) is 0 Å². The van der Waals surface area contributed by atoms with Crippen LogP contribution in [0, 0.1) is 0 Å². The number of fused-ring (bicyclic) bond motifs is 3. The highest BCUT2D eigenvalue weighted by molar-refractivity contribution is 6.06. The van der Waals surface area contributed by atoms with Crippen LogP contribution in [-0.4, -0.2) is 19.9 Å². The Morgan fingerprint density at radius 2 is 0.593 bits per heavy atom. The monoisotopic (exact) mass is 688 g/mol. The average Bonchev–Trinajstić information content (AvgIpc) is 3.26. The van der Waals surface area contributed by atoms with Crippen LogP contribution in [0.4, 0.5) is 0 Å². The molecule has 7 aromatic carbocycles. The highest BCUT2D eigenvalue weighted by Gasteiger charge is 2.16. The summed E-state index contributed by atoms with van der Waals surface area (Å²) in [7, 11) is 0. The van der Waals surface area contributed by atoms with Crippen LogP contribution < -0.4 is 0 Å². The van der Waals surface area contributed by atoms with Gasteiger partial charge >= 0.3 is 0 Å². The third kappa shape index (κ3) is 5.58. The molecule has 0 saturated carbocycles. The van der Waals surface area contributed by atoms with E-state index in [2.05, 4.69) is 143 Å². The van der Waals surface area contributed by atoms with Crippen molar-refractivity contribution in [2.45, 2.75) is 0 Å². The van der Waals surface area contributed by atoms with Crippen molar-refractivity contribution in [1.82, 2.24) is 19.9 Å². The molecule has 4 nitrogen and oxygen atoms in total. The summed E-state index contributed by atoms with van der Waals surface area (Å²) in [5, 5.41) is 4.82. The van der Waals surface area contributed by atoms with Crippen LogP contribution in [0.3, 0.4) is 0 Å². The molecule has 0 aliphatic carbocycles. The van der Waals surface area contributed by atoms with Crippen LogP contribution in [0.15, 0.2) is 195 Å². The second kappa shape index (κ2) is 13.4. The van der Waals surface area contributed by atoms with Gasteiger partial charge < -0.3 is 0 Å². The van der Waals surface area contributed by atoms with E-state index in [-0.39, 0.29) is 0 Å². The fraction of sp³-hybridized carbons (Fsp3) is 0. The Morgan fingerprint density at radius 1 is 0.259 bits per heavy atom. The van der Waals surface area contributed by atoms with Crippen molar-refractivity contribution in [3.8, 4) is 67.0 Å². The highest BCUT2D eigenvalue weighted by Crippen LogP contribution is 2.39. The average molecular weight is 689 g/mol. The van der Waals surface area contributed by atoms with Gasteiger partial charge in [-0.3, -0.25) is 9.97 Å². The quantitative estimate of drug-likeness (QED) is 0.174. The van der Waals surface area contributed by atoms with Gasteiger partial charge in [-0.15, -0.1) is 0 Å². The standard InChI is InChI=1S/C50H32N4/c1-3-13-45-41(37-9-7-29-51-31-37)27-25-39(43(45)11-1)33-17-21-35(22-18-33)49-50(54-48-16-6-5-15-47(48)53-49)36-23-19-34(20-24-36)40-26-28-42(38-10-8-30-52-32-38)46-14-4-2-12-44(40)46/h1-32H. The topological polar surface area (TPSA) is 51.6 Å². The number of benzene rings is 7. The van der Waals surface area contributed by atoms with Gasteiger partial charge in [-0.25, -0.2) is 9.97 Å². The molecule has 0 atom stereocenters. The minimum absolute atomic E-state index is 0.857. The Hall–Kier alpha value is -7.30. The first kappa shape index (κ1) is 31.4. The first-order valence-corrected chi connectivity index (χ1v) is 18.1. The number of hydrogen-bond acceptors (Lipinski definition) is 4. The second-order valence-corrected chi connectivity index (χ2v) is 13.5. The molecule has 54 heavy (non-hydrogen) atoms. The van der Waals surface area contributed by atoms with Crippen molar-refractivity contribution >= 4 is 32.6 Å². The van der Waals surface area contributed by atoms with Gasteiger partial charge in [-0.2, -0.15) is 0 Å². The number of para-hydroxylation sites is 2. The Morgan fingerprint density at radius 3 is 0.944 bits per heavy atom. The van der Waals surface area contributed by atoms with E-state index >= 15 is 0 Å². The lowest BCUT2D eigenvalue weighted by molar-refractivity contribution is 1.29. The fourth-order valence-corrected chi connectivity index (χ4v) is 7.67. The molecule has 0 N–H and O–H groups in total. The highest BCUT2D eigenvalue weighted by atomic mass is 14.8. The zero-order chi connectivity index (χ0) is 35.8. The molecule has 252 valence electrons. The van der Waals surface area contributed by atoms with Crippen LogP contribution in [0.25, 0.3) is 99.6 Å². The minimum Gasteiger partial charge on any atom is -0.264 e. The first-order valence-electron chi connectivity index (χ1n) is 18.1. The molecule has 0 fully saturated rings. The number of hydrogen-bond donors (Lipinski definition) is 0. The van der Waals surface area contributed by atoms with E-state index in [4.69, 9.17) is 9.97 Å². The molecule has 0 unspecified atom stereocenters. The largest absolute Gasteiger partial charge is 0.264 e. The predicted octanol–water partition coefficient (Wildman–Crippen LogP) is 12.7. The Kier molecular flexibility index (Phi) is 7.77. The summed E-state index contributed by atoms with van der Waals surface area (Å²) in [6, 6.07) is 59.8. The van der Waals surface area contributed by atoms with E-state index in [0.717, 1.165) is 55.8 Å². The van der Waals surface area contributed by atoms with Crippen molar-refractivity contribution in [1.29, 1.82) is 0 Å². The van der Waals surface area contributed by atoms with Gasteiger partial charge in [0.1, 0.15) is 0 Å². The van der Waals surface area contributed by atoms with Crippen molar-refractivity contribution in [3.05, 3.63) is 195 Å². The summed E-state index contributed by atoms with van der Waals surface area (Å²) in [5.74, 6) is 0. The van der Waals surface area contributed by atoms with Crippen molar-refractivity contribution < 1.29 is 0 Å².